The van der Waals surface area contributed by atoms with Gasteiger partial charge in [-0.2, -0.15) is 0 Å². The molecule has 0 spiro atoms. The molecule has 3 unspecified atom stereocenters. The molecule has 0 aromatic rings. The molecule has 12 heteroatoms. The Morgan fingerprint density at radius 1 is 0.587 bits per heavy atom. The number of carboxylic acids is 1. The zero-order valence-corrected chi connectivity index (χ0v) is 29.8. The monoisotopic (exact) mass is 679 g/mol. The van der Waals surface area contributed by atoms with E-state index in [1.165, 1.54) is 83.5 Å². The number of carbonyl (C=O) groups is 3. The largest absolute Gasteiger partial charge is 0.480 e. The van der Waals surface area contributed by atoms with Gasteiger partial charge in [-0.15, -0.1) is 0 Å². The molecular formula is C34H66NO10P. The average molecular weight is 680 g/mol. The number of unbranched alkanes of at least 4 members (excludes halogenated alkanes) is 20. The van der Waals surface area contributed by atoms with Gasteiger partial charge in [0.15, 0.2) is 6.10 Å². The number of rotatable bonds is 34. The Morgan fingerprint density at radius 2 is 0.957 bits per heavy atom. The van der Waals surface area contributed by atoms with Crippen molar-refractivity contribution in [1.82, 2.24) is 0 Å². The van der Waals surface area contributed by atoms with Crippen LogP contribution >= 0.6 is 7.82 Å². The minimum absolute atomic E-state index is 0.168. The summed E-state index contributed by atoms with van der Waals surface area (Å²) in [4.78, 5) is 45.3. The SMILES string of the molecule is CCCCCCCCCCCCCCCCCCCC(=O)OC(COC(=O)CCCCCCC)COP(=O)(O)OCC(N)C(=O)O. The maximum atomic E-state index is 12.5. The molecule has 0 bridgehead atoms. The first-order valence-electron chi connectivity index (χ1n) is 18.1. The number of hydrogen-bond acceptors (Lipinski definition) is 9. The van der Waals surface area contributed by atoms with Crippen LogP contribution in [0, 0.1) is 0 Å². The van der Waals surface area contributed by atoms with Crippen LogP contribution in [0.5, 0.6) is 0 Å². The highest BCUT2D eigenvalue weighted by molar-refractivity contribution is 7.47. The van der Waals surface area contributed by atoms with Crippen molar-refractivity contribution in [2.24, 2.45) is 5.73 Å². The van der Waals surface area contributed by atoms with E-state index in [2.05, 4.69) is 18.4 Å². The van der Waals surface area contributed by atoms with Crippen molar-refractivity contribution in [2.75, 3.05) is 19.8 Å². The van der Waals surface area contributed by atoms with Crippen LogP contribution in [0.15, 0.2) is 0 Å². The summed E-state index contributed by atoms with van der Waals surface area (Å²) in [5.41, 5.74) is 5.29. The normalized spacial score (nSPS) is 14.0. The van der Waals surface area contributed by atoms with Gasteiger partial charge in [0.25, 0.3) is 0 Å². The van der Waals surface area contributed by atoms with Crippen molar-refractivity contribution in [2.45, 2.75) is 180 Å². The number of phosphoric ester groups is 1. The highest BCUT2D eigenvalue weighted by Gasteiger charge is 2.28. The summed E-state index contributed by atoms with van der Waals surface area (Å²) < 4.78 is 32.3. The van der Waals surface area contributed by atoms with Crippen molar-refractivity contribution in [3.63, 3.8) is 0 Å². The third-order valence-electron chi connectivity index (χ3n) is 7.86. The van der Waals surface area contributed by atoms with Gasteiger partial charge in [-0.25, -0.2) is 4.57 Å². The van der Waals surface area contributed by atoms with Crippen molar-refractivity contribution in [3.8, 4) is 0 Å². The standard InChI is InChI=1S/C34H66NO10P/c1-3-5-7-9-10-11-12-13-14-15-16-17-18-19-20-22-24-26-33(37)45-30(27-42-32(36)25-23-21-8-6-4-2)28-43-46(40,41)44-29-31(35)34(38)39/h30-31H,3-29,35H2,1-2H3,(H,38,39)(H,40,41). The third kappa shape index (κ3) is 29.9. The number of carbonyl (C=O) groups excluding carboxylic acids is 2. The second-order valence-electron chi connectivity index (χ2n) is 12.4. The molecule has 3 atom stereocenters. The first kappa shape index (κ1) is 44.5. The summed E-state index contributed by atoms with van der Waals surface area (Å²) in [5, 5.41) is 8.81. The second kappa shape index (κ2) is 30.8. The maximum Gasteiger partial charge on any atom is 0.472 e. The summed E-state index contributed by atoms with van der Waals surface area (Å²) >= 11 is 0. The summed E-state index contributed by atoms with van der Waals surface area (Å²) in [7, 11) is -4.69. The van der Waals surface area contributed by atoms with Gasteiger partial charge in [-0.1, -0.05) is 142 Å². The number of hydrogen-bond donors (Lipinski definition) is 3. The molecule has 0 amide bonds. The van der Waals surface area contributed by atoms with Crippen LogP contribution in [-0.2, 0) is 37.5 Å². The molecular weight excluding hydrogens is 613 g/mol. The van der Waals surface area contributed by atoms with Gasteiger partial charge < -0.3 is 25.2 Å². The fourth-order valence-electron chi connectivity index (χ4n) is 4.95. The lowest BCUT2D eigenvalue weighted by Gasteiger charge is -2.20. The van der Waals surface area contributed by atoms with E-state index >= 15 is 0 Å². The number of esters is 2. The Labute approximate surface area is 278 Å². The number of carboxylic acid groups (broad SMARTS) is 1. The topological polar surface area (TPSA) is 172 Å². The van der Waals surface area contributed by atoms with Crippen LogP contribution in [0.2, 0.25) is 0 Å². The summed E-state index contributed by atoms with van der Waals surface area (Å²) in [6, 6.07) is -1.51. The Kier molecular flexibility index (Phi) is 29.8. The van der Waals surface area contributed by atoms with E-state index in [-0.39, 0.29) is 19.4 Å². The number of nitrogens with two attached hydrogens (primary N) is 1. The van der Waals surface area contributed by atoms with E-state index in [9.17, 15) is 23.8 Å². The van der Waals surface area contributed by atoms with Crippen molar-refractivity contribution in [1.29, 1.82) is 0 Å². The lowest BCUT2D eigenvalue weighted by Crippen LogP contribution is -2.34. The van der Waals surface area contributed by atoms with Gasteiger partial charge in [-0.3, -0.25) is 23.4 Å². The van der Waals surface area contributed by atoms with Gasteiger partial charge in [0.05, 0.1) is 13.2 Å². The van der Waals surface area contributed by atoms with E-state index in [0.29, 0.717) is 12.8 Å². The van der Waals surface area contributed by atoms with E-state index < -0.39 is 51.1 Å². The Hall–Kier alpha value is -1.52. The maximum absolute atomic E-state index is 12.5. The Balaban J connectivity index is 4.26. The predicted octanol–water partition coefficient (Wildman–Crippen LogP) is 8.39. The van der Waals surface area contributed by atoms with Gasteiger partial charge in [0.1, 0.15) is 12.6 Å². The van der Waals surface area contributed by atoms with E-state index in [1.54, 1.807) is 0 Å². The van der Waals surface area contributed by atoms with Gasteiger partial charge in [0.2, 0.25) is 0 Å². The fraction of sp³-hybridized carbons (Fsp3) is 0.912. The quantitative estimate of drug-likeness (QED) is 0.0339. The molecule has 272 valence electrons. The Bertz CT molecular complexity index is 813. The number of aliphatic carboxylic acids is 1. The smallest absolute Gasteiger partial charge is 0.472 e. The third-order valence-corrected chi connectivity index (χ3v) is 8.81. The molecule has 0 aliphatic heterocycles. The van der Waals surface area contributed by atoms with Crippen LogP contribution in [0.1, 0.15) is 168 Å². The average Bonchev–Trinajstić information content (AvgIpc) is 3.02. The molecule has 0 aliphatic carbocycles. The molecule has 4 N–H and O–H groups in total. The lowest BCUT2D eigenvalue weighted by molar-refractivity contribution is -0.161. The molecule has 0 heterocycles. The second-order valence-corrected chi connectivity index (χ2v) is 13.8. The summed E-state index contributed by atoms with van der Waals surface area (Å²) in [5.74, 6) is -2.38. The highest BCUT2D eigenvalue weighted by Crippen LogP contribution is 2.43. The highest BCUT2D eigenvalue weighted by atomic mass is 31.2. The predicted molar refractivity (Wildman–Crippen MR) is 180 cm³/mol. The fourth-order valence-corrected chi connectivity index (χ4v) is 5.72. The number of ether oxygens (including phenoxy) is 2. The number of phosphoric acid groups is 1. The van der Waals surface area contributed by atoms with Gasteiger partial charge >= 0.3 is 25.7 Å². The lowest BCUT2D eigenvalue weighted by atomic mass is 10.0. The molecule has 0 saturated carbocycles. The zero-order chi connectivity index (χ0) is 34.3. The molecule has 0 radical (unpaired) electrons. The first-order valence-corrected chi connectivity index (χ1v) is 19.6. The molecule has 46 heavy (non-hydrogen) atoms. The van der Waals surface area contributed by atoms with Crippen molar-refractivity contribution in [3.05, 3.63) is 0 Å². The Morgan fingerprint density at radius 3 is 1.37 bits per heavy atom. The van der Waals surface area contributed by atoms with Gasteiger partial charge in [0, 0.05) is 12.8 Å². The molecule has 0 aromatic heterocycles. The van der Waals surface area contributed by atoms with E-state index in [1.807, 2.05) is 0 Å². The summed E-state index contributed by atoms with van der Waals surface area (Å²) in [6.07, 6.45) is 25.1. The van der Waals surface area contributed by atoms with Crippen LogP contribution in [-0.4, -0.2) is 59.9 Å². The van der Waals surface area contributed by atoms with Crippen LogP contribution < -0.4 is 5.73 Å². The zero-order valence-electron chi connectivity index (χ0n) is 28.9. The minimum atomic E-state index is -4.69. The minimum Gasteiger partial charge on any atom is -0.480 e. The molecule has 0 fully saturated rings. The van der Waals surface area contributed by atoms with Crippen LogP contribution in [0.25, 0.3) is 0 Å². The first-order chi connectivity index (χ1) is 22.1. The van der Waals surface area contributed by atoms with E-state index in [4.69, 9.17) is 24.8 Å². The van der Waals surface area contributed by atoms with Crippen molar-refractivity contribution >= 4 is 25.7 Å². The van der Waals surface area contributed by atoms with Crippen LogP contribution in [0.3, 0.4) is 0 Å². The molecule has 11 nitrogen and oxygen atoms in total. The van der Waals surface area contributed by atoms with Crippen LogP contribution in [0.4, 0.5) is 0 Å². The van der Waals surface area contributed by atoms with E-state index in [0.717, 1.165) is 44.9 Å². The molecule has 0 rings (SSSR count). The molecule has 0 aromatic carbocycles. The summed E-state index contributed by atoms with van der Waals surface area (Å²) in [6.45, 7) is 2.69. The van der Waals surface area contributed by atoms with Gasteiger partial charge in [-0.05, 0) is 12.8 Å². The molecule has 0 aliphatic rings. The van der Waals surface area contributed by atoms with Crippen molar-refractivity contribution < 1.29 is 47.5 Å². The molecule has 0 saturated heterocycles.